The van der Waals surface area contributed by atoms with Gasteiger partial charge in [-0.1, -0.05) is 52.9 Å². The highest BCUT2D eigenvalue weighted by Crippen LogP contribution is 2.22. The Bertz CT molecular complexity index is 190. The van der Waals surface area contributed by atoms with Crippen LogP contribution >= 0.6 is 0 Å². The first-order chi connectivity index (χ1) is 7.52. The third-order valence-corrected chi connectivity index (χ3v) is 2.91. The monoisotopic (exact) mass is 228 g/mol. The van der Waals surface area contributed by atoms with E-state index in [1.54, 1.807) is 0 Å². The van der Waals surface area contributed by atoms with Crippen molar-refractivity contribution in [2.75, 3.05) is 13.1 Å². The number of nitrogens with one attached hydrogen (secondary N) is 1. The number of carbonyl (C=O) groups excluding carboxylic acids is 1. The van der Waals surface area contributed by atoms with Gasteiger partial charge in [-0.3, -0.25) is 4.79 Å². The fraction of sp³-hybridized carbons (Fsp3) is 0.923. The van der Waals surface area contributed by atoms with Gasteiger partial charge in [0, 0.05) is 6.54 Å². The molecule has 0 rings (SSSR count). The topological polar surface area (TPSA) is 55.1 Å². The summed E-state index contributed by atoms with van der Waals surface area (Å²) in [5.74, 6) is -0.0564. The lowest BCUT2D eigenvalue weighted by Crippen LogP contribution is -2.37. The molecular formula is C13H28N2O. The largest absolute Gasteiger partial charge is 0.354 e. The van der Waals surface area contributed by atoms with Crippen LogP contribution in [0.5, 0.6) is 0 Å². The zero-order valence-corrected chi connectivity index (χ0v) is 11.1. The lowest BCUT2D eigenvalue weighted by atomic mass is 9.86. The molecule has 3 nitrogen and oxygen atoms in total. The normalized spacial score (nSPS) is 11.5. The Kier molecular flexibility index (Phi) is 8.26. The Morgan fingerprint density at radius 3 is 2.38 bits per heavy atom. The van der Waals surface area contributed by atoms with Crippen LogP contribution in [0.15, 0.2) is 0 Å². The molecule has 96 valence electrons. The van der Waals surface area contributed by atoms with Crippen molar-refractivity contribution >= 4 is 5.91 Å². The average Bonchev–Trinajstić information content (AvgIpc) is 2.25. The Morgan fingerprint density at radius 1 is 1.19 bits per heavy atom. The molecule has 0 saturated carbocycles. The molecule has 0 unspecified atom stereocenters. The third-order valence-electron chi connectivity index (χ3n) is 2.91. The number of nitrogens with two attached hydrogens (primary N) is 1. The predicted molar refractivity (Wildman–Crippen MR) is 69.2 cm³/mol. The van der Waals surface area contributed by atoms with Crippen molar-refractivity contribution in [3.05, 3.63) is 0 Å². The maximum atomic E-state index is 11.0. The van der Waals surface area contributed by atoms with Gasteiger partial charge in [0.1, 0.15) is 0 Å². The van der Waals surface area contributed by atoms with E-state index in [9.17, 15) is 4.79 Å². The molecule has 16 heavy (non-hydrogen) atoms. The van der Waals surface area contributed by atoms with Crippen LogP contribution in [-0.2, 0) is 4.79 Å². The molecule has 0 atom stereocenters. The molecule has 0 saturated heterocycles. The SMILES string of the molecule is CCCCCCCC(C)(C)CNC(=O)CN. The molecule has 0 heterocycles. The summed E-state index contributed by atoms with van der Waals surface area (Å²) >= 11 is 0. The van der Waals surface area contributed by atoms with Gasteiger partial charge in [-0.25, -0.2) is 0 Å². The zero-order valence-electron chi connectivity index (χ0n) is 11.1. The van der Waals surface area contributed by atoms with Crippen molar-refractivity contribution in [3.8, 4) is 0 Å². The van der Waals surface area contributed by atoms with Crippen molar-refractivity contribution in [1.82, 2.24) is 5.32 Å². The summed E-state index contributed by atoms with van der Waals surface area (Å²) in [6, 6.07) is 0. The summed E-state index contributed by atoms with van der Waals surface area (Å²) in [5.41, 5.74) is 5.44. The predicted octanol–water partition coefficient (Wildman–Crippen LogP) is 2.45. The summed E-state index contributed by atoms with van der Waals surface area (Å²) in [6.07, 6.45) is 7.69. The molecular weight excluding hydrogens is 200 g/mol. The number of rotatable bonds is 9. The molecule has 0 spiro atoms. The Hall–Kier alpha value is -0.570. The molecule has 0 fully saturated rings. The van der Waals surface area contributed by atoms with Crippen LogP contribution in [0.25, 0.3) is 0 Å². The molecule has 0 radical (unpaired) electrons. The van der Waals surface area contributed by atoms with Gasteiger partial charge in [-0.05, 0) is 11.8 Å². The molecule has 0 aliphatic heterocycles. The minimum absolute atomic E-state index is 0.0564. The standard InChI is InChI=1S/C13H28N2O/c1-4-5-6-7-8-9-13(2,3)11-15-12(16)10-14/h4-11,14H2,1-3H3,(H,15,16). The summed E-state index contributed by atoms with van der Waals surface area (Å²) in [7, 11) is 0. The summed E-state index contributed by atoms with van der Waals surface area (Å²) in [4.78, 5) is 11.0. The lowest BCUT2D eigenvalue weighted by molar-refractivity contribution is -0.120. The van der Waals surface area contributed by atoms with Gasteiger partial charge in [0.25, 0.3) is 0 Å². The molecule has 0 aliphatic carbocycles. The van der Waals surface area contributed by atoms with Crippen LogP contribution in [-0.4, -0.2) is 19.0 Å². The number of carbonyl (C=O) groups is 1. The van der Waals surface area contributed by atoms with Crippen molar-refractivity contribution in [2.45, 2.75) is 59.3 Å². The molecule has 3 N–H and O–H groups in total. The highest BCUT2D eigenvalue weighted by atomic mass is 16.1. The summed E-state index contributed by atoms with van der Waals surface area (Å²) in [6.45, 7) is 7.45. The minimum atomic E-state index is -0.0564. The Labute approximate surface area is 100 Å². The van der Waals surface area contributed by atoms with Crippen LogP contribution in [0.2, 0.25) is 0 Å². The minimum Gasteiger partial charge on any atom is -0.354 e. The second-order valence-electron chi connectivity index (χ2n) is 5.31. The van der Waals surface area contributed by atoms with E-state index in [1.807, 2.05) is 0 Å². The number of amides is 1. The van der Waals surface area contributed by atoms with Gasteiger partial charge in [-0.15, -0.1) is 0 Å². The average molecular weight is 228 g/mol. The maximum absolute atomic E-state index is 11.0. The van der Waals surface area contributed by atoms with Crippen molar-refractivity contribution in [2.24, 2.45) is 11.1 Å². The molecule has 0 aromatic heterocycles. The Morgan fingerprint density at radius 2 is 1.81 bits per heavy atom. The van der Waals surface area contributed by atoms with Gasteiger partial charge in [-0.2, -0.15) is 0 Å². The van der Waals surface area contributed by atoms with Crippen molar-refractivity contribution in [1.29, 1.82) is 0 Å². The van der Waals surface area contributed by atoms with E-state index in [1.165, 1.54) is 38.5 Å². The highest BCUT2D eigenvalue weighted by molar-refractivity contribution is 5.77. The van der Waals surface area contributed by atoms with Crippen molar-refractivity contribution < 1.29 is 4.79 Å². The highest BCUT2D eigenvalue weighted by Gasteiger charge is 2.17. The quantitative estimate of drug-likeness (QED) is 0.596. The summed E-state index contributed by atoms with van der Waals surface area (Å²) < 4.78 is 0. The molecule has 0 aliphatic rings. The second kappa shape index (κ2) is 8.57. The van der Waals surface area contributed by atoms with Gasteiger partial charge >= 0.3 is 0 Å². The smallest absolute Gasteiger partial charge is 0.233 e. The molecule has 3 heteroatoms. The van der Waals surface area contributed by atoms with E-state index in [2.05, 4.69) is 26.1 Å². The van der Waals surface area contributed by atoms with Gasteiger partial charge in [0.15, 0.2) is 0 Å². The first-order valence-electron chi connectivity index (χ1n) is 6.48. The van der Waals surface area contributed by atoms with Crippen LogP contribution < -0.4 is 11.1 Å². The molecule has 0 aromatic carbocycles. The van der Waals surface area contributed by atoms with Gasteiger partial charge in [0.2, 0.25) is 5.91 Å². The van der Waals surface area contributed by atoms with E-state index < -0.39 is 0 Å². The lowest BCUT2D eigenvalue weighted by Gasteiger charge is -2.24. The van der Waals surface area contributed by atoms with E-state index in [0.717, 1.165) is 6.54 Å². The van der Waals surface area contributed by atoms with E-state index >= 15 is 0 Å². The first-order valence-corrected chi connectivity index (χ1v) is 6.48. The molecule has 0 bridgehead atoms. The van der Waals surface area contributed by atoms with Gasteiger partial charge < -0.3 is 11.1 Å². The number of hydrogen-bond acceptors (Lipinski definition) is 2. The molecule has 0 aromatic rings. The number of unbranched alkanes of at least 4 members (excludes halogenated alkanes) is 4. The van der Waals surface area contributed by atoms with E-state index in [0.29, 0.717) is 0 Å². The van der Waals surface area contributed by atoms with Crippen LogP contribution in [0, 0.1) is 5.41 Å². The maximum Gasteiger partial charge on any atom is 0.233 e. The zero-order chi connectivity index (χ0) is 12.4. The first kappa shape index (κ1) is 15.4. The van der Waals surface area contributed by atoms with E-state index in [-0.39, 0.29) is 17.9 Å². The fourth-order valence-electron chi connectivity index (χ4n) is 1.71. The van der Waals surface area contributed by atoms with Crippen molar-refractivity contribution in [3.63, 3.8) is 0 Å². The third kappa shape index (κ3) is 8.72. The number of hydrogen-bond donors (Lipinski definition) is 2. The van der Waals surface area contributed by atoms with Gasteiger partial charge in [0.05, 0.1) is 6.54 Å². The summed E-state index contributed by atoms with van der Waals surface area (Å²) in [5, 5.41) is 2.86. The van der Waals surface area contributed by atoms with Crippen LogP contribution in [0.3, 0.4) is 0 Å². The van der Waals surface area contributed by atoms with E-state index in [4.69, 9.17) is 5.73 Å². The fourth-order valence-corrected chi connectivity index (χ4v) is 1.71. The second-order valence-corrected chi connectivity index (χ2v) is 5.31. The van der Waals surface area contributed by atoms with Crippen LogP contribution in [0.1, 0.15) is 59.3 Å². The molecule has 1 amide bonds. The van der Waals surface area contributed by atoms with Crippen LogP contribution in [0.4, 0.5) is 0 Å². The Balaban J connectivity index is 3.57.